The Kier molecular flexibility index (Phi) is 7.00. The van der Waals surface area contributed by atoms with Gasteiger partial charge in [-0.25, -0.2) is 13.6 Å². The number of piperidine rings is 1. The normalized spacial score (nSPS) is 17.2. The van der Waals surface area contributed by atoms with Crippen LogP contribution < -0.4 is 5.32 Å². The number of hydrogen-bond acceptors (Lipinski definition) is 3. The monoisotopic (exact) mass is 408 g/mol. The molecule has 7 nitrogen and oxygen atoms in total. The van der Waals surface area contributed by atoms with Gasteiger partial charge in [0.25, 0.3) is 5.91 Å². The smallest absolute Gasteiger partial charge is 0.320 e. The molecule has 0 unspecified atom stereocenters. The number of rotatable bonds is 4. The minimum atomic E-state index is -0.941. The van der Waals surface area contributed by atoms with E-state index in [1.165, 1.54) is 0 Å². The highest BCUT2D eigenvalue weighted by molar-refractivity contribution is 5.94. The van der Waals surface area contributed by atoms with Gasteiger partial charge < -0.3 is 20.0 Å². The summed E-state index contributed by atoms with van der Waals surface area (Å²) in [6.45, 7) is 3.56. The average Bonchev–Trinajstić information content (AvgIpc) is 2.73. The summed E-state index contributed by atoms with van der Waals surface area (Å²) in [5.41, 5.74) is -0.260. The van der Waals surface area contributed by atoms with Crippen LogP contribution in [0.1, 0.15) is 36.0 Å². The average molecular weight is 408 g/mol. The predicted octanol–water partition coefficient (Wildman–Crippen LogP) is 1.83. The molecule has 2 aliphatic rings. The molecule has 158 valence electrons. The fraction of sp³-hybridized carbons (Fsp3) is 0.550. The zero-order valence-electron chi connectivity index (χ0n) is 16.3. The van der Waals surface area contributed by atoms with E-state index in [1.54, 1.807) is 9.80 Å². The van der Waals surface area contributed by atoms with Crippen LogP contribution in [-0.4, -0.2) is 78.4 Å². The highest BCUT2D eigenvalue weighted by Gasteiger charge is 2.27. The van der Waals surface area contributed by atoms with Crippen LogP contribution in [0, 0.1) is 11.6 Å². The molecule has 2 heterocycles. The number of nitrogens with one attached hydrogen (secondary N) is 1. The number of benzene rings is 1. The van der Waals surface area contributed by atoms with Gasteiger partial charge in [-0.05, 0) is 31.4 Å². The van der Waals surface area contributed by atoms with Crippen molar-refractivity contribution < 1.29 is 23.2 Å². The number of amides is 4. The lowest BCUT2D eigenvalue weighted by atomic mass is 10.1. The number of carbonyl (C=O) groups is 3. The first-order chi connectivity index (χ1) is 14.0. The standard InChI is InChI=1S/C20H26F2N4O3/c21-15-4-5-16(17(22)14-15)19(28)23-7-6-18(27)24-10-12-26(13-11-24)20(29)25-8-2-1-3-9-25/h4-5,14H,1-3,6-13H2,(H,23,28). The van der Waals surface area contributed by atoms with E-state index in [0.717, 1.165) is 44.5 Å². The minimum absolute atomic E-state index is 0.0467. The fourth-order valence-corrected chi connectivity index (χ4v) is 3.64. The molecule has 0 atom stereocenters. The summed E-state index contributed by atoms with van der Waals surface area (Å²) in [7, 11) is 0. The van der Waals surface area contributed by atoms with Crippen molar-refractivity contribution in [1.82, 2.24) is 20.0 Å². The van der Waals surface area contributed by atoms with Crippen molar-refractivity contribution in [2.75, 3.05) is 45.8 Å². The van der Waals surface area contributed by atoms with Gasteiger partial charge in [0.2, 0.25) is 5.91 Å². The molecule has 0 saturated carbocycles. The van der Waals surface area contributed by atoms with Crippen LogP contribution in [0.5, 0.6) is 0 Å². The molecule has 1 N–H and O–H groups in total. The third-order valence-corrected chi connectivity index (χ3v) is 5.33. The van der Waals surface area contributed by atoms with Crippen molar-refractivity contribution in [3.8, 4) is 0 Å². The molecule has 1 aromatic carbocycles. The van der Waals surface area contributed by atoms with E-state index >= 15 is 0 Å². The van der Waals surface area contributed by atoms with E-state index in [9.17, 15) is 23.2 Å². The van der Waals surface area contributed by atoms with E-state index in [0.29, 0.717) is 32.2 Å². The number of halogens is 2. The Morgan fingerprint density at radius 3 is 2.14 bits per heavy atom. The third kappa shape index (κ3) is 5.42. The molecular weight excluding hydrogens is 382 g/mol. The molecule has 2 fully saturated rings. The number of urea groups is 1. The highest BCUT2D eigenvalue weighted by atomic mass is 19.1. The quantitative estimate of drug-likeness (QED) is 0.826. The summed E-state index contributed by atoms with van der Waals surface area (Å²) in [5, 5.41) is 2.48. The molecule has 9 heteroatoms. The van der Waals surface area contributed by atoms with Crippen molar-refractivity contribution in [2.45, 2.75) is 25.7 Å². The van der Waals surface area contributed by atoms with Gasteiger partial charge in [0.05, 0.1) is 5.56 Å². The summed E-state index contributed by atoms with van der Waals surface area (Å²) >= 11 is 0. The van der Waals surface area contributed by atoms with Gasteiger partial charge in [0.15, 0.2) is 0 Å². The van der Waals surface area contributed by atoms with E-state index in [4.69, 9.17) is 0 Å². The Balaban J connectivity index is 1.39. The van der Waals surface area contributed by atoms with E-state index in [1.807, 2.05) is 4.90 Å². The molecule has 0 spiro atoms. The van der Waals surface area contributed by atoms with Crippen LogP contribution in [0.2, 0.25) is 0 Å². The molecule has 3 rings (SSSR count). The first kappa shape index (κ1) is 21.0. The van der Waals surface area contributed by atoms with Crippen molar-refractivity contribution in [1.29, 1.82) is 0 Å². The van der Waals surface area contributed by atoms with Gasteiger partial charge >= 0.3 is 6.03 Å². The van der Waals surface area contributed by atoms with Crippen LogP contribution in [0.15, 0.2) is 18.2 Å². The largest absolute Gasteiger partial charge is 0.351 e. The molecule has 2 aliphatic heterocycles. The van der Waals surface area contributed by atoms with Gasteiger partial charge in [0, 0.05) is 58.3 Å². The molecule has 0 aliphatic carbocycles. The lowest BCUT2D eigenvalue weighted by Crippen LogP contribution is -2.54. The van der Waals surface area contributed by atoms with E-state index in [2.05, 4.69) is 5.32 Å². The number of nitrogens with zero attached hydrogens (tertiary/aromatic N) is 3. The van der Waals surface area contributed by atoms with Crippen LogP contribution in [0.3, 0.4) is 0 Å². The Morgan fingerprint density at radius 1 is 0.862 bits per heavy atom. The molecular formula is C20H26F2N4O3. The zero-order chi connectivity index (χ0) is 20.8. The number of piperazine rings is 1. The maximum Gasteiger partial charge on any atom is 0.320 e. The maximum absolute atomic E-state index is 13.6. The number of hydrogen-bond donors (Lipinski definition) is 1. The molecule has 0 radical (unpaired) electrons. The Hall–Kier alpha value is -2.71. The minimum Gasteiger partial charge on any atom is -0.351 e. The SMILES string of the molecule is O=C(NCCC(=O)N1CCN(C(=O)N2CCCCC2)CC1)c1ccc(F)cc1F. The second-order valence-electron chi connectivity index (χ2n) is 7.33. The third-order valence-electron chi connectivity index (χ3n) is 5.33. The molecule has 29 heavy (non-hydrogen) atoms. The van der Waals surface area contributed by atoms with Crippen LogP contribution in [-0.2, 0) is 4.79 Å². The van der Waals surface area contributed by atoms with Gasteiger partial charge in [-0.15, -0.1) is 0 Å². The lowest BCUT2D eigenvalue weighted by molar-refractivity contribution is -0.132. The van der Waals surface area contributed by atoms with Crippen molar-refractivity contribution in [3.05, 3.63) is 35.4 Å². The highest BCUT2D eigenvalue weighted by Crippen LogP contribution is 2.13. The van der Waals surface area contributed by atoms with Crippen molar-refractivity contribution >= 4 is 17.8 Å². The molecule has 0 bridgehead atoms. The Labute approximate surface area is 168 Å². The van der Waals surface area contributed by atoms with Crippen LogP contribution >= 0.6 is 0 Å². The zero-order valence-corrected chi connectivity index (χ0v) is 16.3. The van der Waals surface area contributed by atoms with Crippen molar-refractivity contribution in [2.24, 2.45) is 0 Å². The summed E-state index contributed by atoms with van der Waals surface area (Å²) < 4.78 is 26.5. The first-order valence-electron chi connectivity index (χ1n) is 10.0. The van der Waals surface area contributed by atoms with Gasteiger partial charge in [-0.3, -0.25) is 9.59 Å². The van der Waals surface area contributed by atoms with E-state index in [-0.39, 0.29) is 30.5 Å². The maximum atomic E-state index is 13.6. The molecule has 0 aromatic heterocycles. The van der Waals surface area contributed by atoms with Gasteiger partial charge in [-0.1, -0.05) is 0 Å². The van der Waals surface area contributed by atoms with E-state index < -0.39 is 17.5 Å². The van der Waals surface area contributed by atoms with Crippen LogP contribution in [0.4, 0.5) is 13.6 Å². The van der Waals surface area contributed by atoms with Gasteiger partial charge in [0.1, 0.15) is 11.6 Å². The molecule has 4 amide bonds. The second kappa shape index (κ2) is 9.67. The summed E-state index contributed by atoms with van der Waals surface area (Å²) in [4.78, 5) is 42.1. The topological polar surface area (TPSA) is 73.0 Å². The summed E-state index contributed by atoms with van der Waals surface area (Å²) in [6, 6.07) is 2.77. The lowest BCUT2D eigenvalue weighted by Gasteiger charge is -2.38. The summed E-state index contributed by atoms with van der Waals surface area (Å²) in [5.74, 6) is -2.52. The number of likely N-dealkylation sites (tertiary alicyclic amines) is 1. The van der Waals surface area contributed by atoms with Crippen LogP contribution in [0.25, 0.3) is 0 Å². The predicted molar refractivity (Wildman–Crippen MR) is 102 cm³/mol. The second-order valence-corrected chi connectivity index (χ2v) is 7.33. The fourth-order valence-electron chi connectivity index (χ4n) is 3.64. The van der Waals surface area contributed by atoms with Crippen molar-refractivity contribution in [3.63, 3.8) is 0 Å². The number of carbonyl (C=O) groups excluding carboxylic acids is 3. The Bertz CT molecular complexity index is 760. The first-order valence-corrected chi connectivity index (χ1v) is 10.0. The summed E-state index contributed by atoms with van der Waals surface area (Å²) in [6.07, 6.45) is 3.32. The van der Waals surface area contributed by atoms with Gasteiger partial charge in [-0.2, -0.15) is 0 Å². The molecule has 1 aromatic rings. The Morgan fingerprint density at radius 2 is 1.48 bits per heavy atom. The molecule has 2 saturated heterocycles.